The van der Waals surface area contributed by atoms with Crippen LogP contribution in [0.3, 0.4) is 0 Å². The van der Waals surface area contributed by atoms with E-state index in [4.69, 9.17) is 0 Å². The SMILES string of the molecule is CCN(C(=O)C(=O)c1c(C)nn(C)c1C)C12CC3CC(CC(C3)C1)C2. The van der Waals surface area contributed by atoms with Gasteiger partial charge in [-0.2, -0.15) is 5.10 Å². The Morgan fingerprint density at radius 2 is 1.64 bits per heavy atom. The third-order valence-electron chi connectivity index (χ3n) is 7.07. The fourth-order valence-corrected chi connectivity index (χ4v) is 6.42. The Kier molecular flexibility index (Phi) is 3.82. The summed E-state index contributed by atoms with van der Waals surface area (Å²) in [5.41, 5.74) is 1.85. The molecule has 0 atom stereocenters. The van der Waals surface area contributed by atoms with Crippen LogP contribution in [0.4, 0.5) is 0 Å². The van der Waals surface area contributed by atoms with Crippen LogP contribution in [0.1, 0.15) is 67.2 Å². The lowest BCUT2D eigenvalue weighted by Crippen LogP contribution is -2.62. The molecule has 1 aromatic heterocycles. The first-order valence-electron chi connectivity index (χ1n) is 9.71. The molecule has 0 aromatic carbocycles. The summed E-state index contributed by atoms with van der Waals surface area (Å²) >= 11 is 0. The second-order valence-corrected chi connectivity index (χ2v) is 8.69. The molecule has 0 spiro atoms. The van der Waals surface area contributed by atoms with Crippen molar-refractivity contribution in [1.82, 2.24) is 14.7 Å². The van der Waals surface area contributed by atoms with E-state index in [2.05, 4.69) is 5.10 Å². The van der Waals surface area contributed by atoms with Crippen LogP contribution < -0.4 is 0 Å². The molecule has 0 saturated heterocycles. The summed E-state index contributed by atoms with van der Waals surface area (Å²) in [7, 11) is 1.82. The minimum absolute atomic E-state index is 0.0692. The number of amides is 1. The minimum atomic E-state index is -0.374. The summed E-state index contributed by atoms with van der Waals surface area (Å²) in [6, 6.07) is 0. The summed E-state index contributed by atoms with van der Waals surface area (Å²) in [5.74, 6) is 1.57. The average molecular weight is 343 g/mol. The lowest BCUT2D eigenvalue weighted by Gasteiger charge is -2.60. The van der Waals surface area contributed by atoms with Gasteiger partial charge < -0.3 is 4.90 Å². The molecule has 4 aliphatic carbocycles. The third-order valence-corrected chi connectivity index (χ3v) is 7.07. The van der Waals surface area contributed by atoms with Gasteiger partial charge >= 0.3 is 0 Å². The lowest BCUT2D eigenvalue weighted by atomic mass is 9.52. The number of carbonyl (C=O) groups excluding carboxylic acids is 2. The molecule has 0 N–H and O–H groups in total. The normalized spacial score (nSPS) is 32.9. The van der Waals surface area contributed by atoms with E-state index >= 15 is 0 Å². The maximum atomic E-state index is 13.2. The van der Waals surface area contributed by atoms with Crippen molar-refractivity contribution in [2.24, 2.45) is 24.8 Å². The smallest absolute Gasteiger partial charge is 0.295 e. The molecule has 25 heavy (non-hydrogen) atoms. The van der Waals surface area contributed by atoms with Gasteiger partial charge in [-0.05, 0) is 77.0 Å². The fourth-order valence-electron chi connectivity index (χ4n) is 6.42. The van der Waals surface area contributed by atoms with Crippen molar-refractivity contribution in [3.8, 4) is 0 Å². The topological polar surface area (TPSA) is 55.2 Å². The van der Waals surface area contributed by atoms with Crippen LogP contribution in [-0.2, 0) is 11.8 Å². The monoisotopic (exact) mass is 343 g/mol. The number of rotatable bonds is 4. The second kappa shape index (κ2) is 5.68. The summed E-state index contributed by atoms with van der Waals surface area (Å²) in [5, 5.41) is 4.32. The lowest BCUT2D eigenvalue weighted by molar-refractivity contribution is -0.145. The maximum absolute atomic E-state index is 13.2. The van der Waals surface area contributed by atoms with Crippen molar-refractivity contribution in [3.05, 3.63) is 17.0 Å². The first-order valence-corrected chi connectivity index (χ1v) is 9.71. The van der Waals surface area contributed by atoms with Gasteiger partial charge in [0.1, 0.15) is 0 Å². The predicted molar refractivity (Wildman–Crippen MR) is 95.3 cm³/mol. The number of hydrogen-bond acceptors (Lipinski definition) is 3. The van der Waals surface area contributed by atoms with Crippen molar-refractivity contribution >= 4 is 11.7 Å². The molecule has 0 unspecified atom stereocenters. The Morgan fingerprint density at radius 1 is 1.12 bits per heavy atom. The molecular weight excluding hydrogens is 314 g/mol. The first-order chi connectivity index (χ1) is 11.8. The van der Waals surface area contributed by atoms with Gasteiger partial charge in [0.15, 0.2) is 0 Å². The first kappa shape index (κ1) is 16.8. The standard InChI is InChI=1S/C20H29N3O2/c1-5-23(19(25)18(24)17-12(2)21-22(4)13(17)3)20-9-14-6-15(10-20)8-16(7-14)11-20/h14-16H,5-11H2,1-4H3. The molecular formula is C20H29N3O2. The molecule has 4 aliphatic rings. The summed E-state index contributed by atoms with van der Waals surface area (Å²) in [6.07, 6.45) is 7.28. The molecule has 1 heterocycles. The van der Waals surface area contributed by atoms with Crippen LogP contribution in [0, 0.1) is 31.6 Å². The van der Waals surface area contributed by atoms with Gasteiger partial charge in [0.05, 0.1) is 11.3 Å². The highest BCUT2D eigenvalue weighted by Gasteiger charge is 2.55. The largest absolute Gasteiger partial charge is 0.330 e. The van der Waals surface area contributed by atoms with Crippen LogP contribution in [0.15, 0.2) is 0 Å². The number of likely N-dealkylation sites (N-methyl/N-ethyl adjacent to an activating group) is 1. The van der Waals surface area contributed by atoms with Crippen molar-refractivity contribution in [2.45, 2.75) is 64.8 Å². The van der Waals surface area contributed by atoms with Crippen molar-refractivity contribution in [3.63, 3.8) is 0 Å². The van der Waals surface area contributed by atoms with Gasteiger partial charge in [-0.1, -0.05) is 0 Å². The number of carbonyl (C=O) groups is 2. The quantitative estimate of drug-likeness (QED) is 0.624. The Labute approximate surface area is 149 Å². The highest BCUT2D eigenvalue weighted by molar-refractivity contribution is 6.43. The van der Waals surface area contributed by atoms with E-state index in [-0.39, 0.29) is 17.2 Å². The van der Waals surface area contributed by atoms with E-state index in [9.17, 15) is 9.59 Å². The van der Waals surface area contributed by atoms with Gasteiger partial charge in [0, 0.05) is 24.8 Å². The average Bonchev–Trinajstić information content (AvgIpc) is 2.78. The Bertz CT molecular complexity index is 698. The molecule has 1 amide bonds. The number of aryl methyl sites for hydroxylation is 2. The molecule has 0 radical (unpaired) electrons. The van der Waals surface area contributed by atoms with E-state index in [1.54, 1.807) is 4.68 Å². The summed E-state index contributed by atoms with van der Waals surface area (Å²) < 4.78 is 1.69. The third kappa shape index (κ3) is 2.46. The van der Waals surface area contributed by atoms with Gasteiger partial charge in [-0.25, -0.2) is 0 Å². The highest BCUT2D eigenvalue weighted by Crippen LogP contribution is 2.57. The van der Waals surface area contributed by atoms with Crippen LogP contribution >= 0.6 is 0 Å². The van der Waals surface area contributed by atoms with Gasteiger partial charge in [-0.15, -0.1) is 0 Å². The van der Waals surface area contributed by atoms with Crippen LogP contribution in [-0.4, -0.2) is 38.5 Å². The molecule has 1 aromatic rings. The molecule has 5 rings (SSSR count). The summed E-state index contributed by atoms with van der Waals surface area (Å²) in [4.78, 5) is 28.2. The van der Waals surface area contributed by atoms with E-state index in [0.717, 1.165) is 42.7 Å². The van der Waals surface area contributed by atoms with E-state index in [1.807, 2.05) is 32.7 Å². The summed E-state index contributed by atoms with van der Waals surface area (Å²) in [6.45, 7) is 6.32. The molecule has 4 bridgehead atoms. The van der Waals surface area contributed by atoms with E-state index in [1.165, 1.54) is 19.3 Å². The zero-order valence-electron chi connectivity index (χ0n) is 15.8. The second-order valence-electron chi connectivity index (χ2n) is 8.69. The zero-order valence-corrected chi connectivity index (χ0v) is 15.8. The Morgan fingerprint density at radius 3 is 2.04 bits per heavy atom. The molecule has 0 aliphatic heterocycles. The predicted octanol–water partition coefficient (Wildman–Crippen LogP) is 3.04. The molecule has 5 heteroatoms. The van der Waals surface area contributed by atoms with Gasteiger partial charge in [0.25, 0.3) is 11.7 Å². The maximum Gasteiger partial charge on any atom is 0.295 e. The van der Waals surface area contributed by atoms with Crippen LogP contribution in [0.25, 0.3) is 0 Å². The van der Waals surface area contributed by atoms with Crippen molar-refractivity contribution < 1.29 is 9.59 Å². The van der Waals surface area contributed by atoms with Crippen molar-refractivity contribution in [2.75, 3.05) is 6.54 Å². The molecule has 136 valence electrons. The number of aromatic nitrogens is 2. The van der Waals surface area contributed by atoms with Crippen LogP contribution in [0.5, 0.6) is 0 Å². The number of ketones is 1. The zero-order chi connectivity index (χ0) is 17.9. The van der Waals surface area contributed by atoms with E-state index < -0.39 is 0 Å². The number of nitrogens with zero attached hydrogens (tertiary/aromatic N) is 3. The minimum Gasteiger partial charge on any atom is -0.330 e. The Balaban J connectivity index is 1.65. The van der Waals surface area contributed by atoms with Crippen LogP contribution in [0.2, 0.25) is 0 Å². The fraction of sp³-hybridized carbons (Fsp3) is 0.750. The van der Waals surface area contributed by atoms with Gasteiger partial charge in [0.2, 0.25) is 0 Å². The number of hydrogen-bond donors (Lipinski definition) is 0. The number of Topliss-reactive ketones (excluding diaryl/α,β-unsaturated/α-hetero) is 1. The van der Waals surface area contributed by atoms with E-state index in [0.29, 0.717) is 17.8 Å². The Hall–Kier alpha value is -1.65. The molecule has 4 fully saturated rings. The highest BCUT2D eigenvalue weighted by atomic mass is 16.2. The molecule has 5 nitrogen and oxygen atoms in total. The molecule has 4 saturated carbocycles. The van der Waals surface area contributed by atoms with Gasteiger partial charge in [-0.3, -0.25) is 14.3 Å². The van der Waals surface area contributed by atoms with Crippen molar-refractivity contribution in [1.29, 1.82) is 0 Å².